The maximum absolute atomic E-state index is 12.8. The van der Waals surface area contributed by atoms with Crippen LogP contribution in [0.1, 0.15) is 13.3 Å². The zero-order valence-electron chi connectivity index (χ0n) is 19.7. The van der Waals surface area contributed by atoms with Crippen LogP contribution in [0.5, 0.6) is 5.75 Å². The highest BCUT2D eigenvalue weighted by atomic mass is 32.2. The molecule has 1 N–H and O–H groups in total. The van der Waals surface area contributed by atoms with Gasteiger partial charge in [0.1, 0.15) is 18.4 Å². The molecular weight excluding hydrogens is 500 g/mol. The molecule has 12 nitrogen and oxygen atoms in total. The van der Waals surface area contributed by atoms with Crippen molar-refractivity contribution in [2.75, 3.05) is 37.8 Å². The van der Waals surface area contributed by atoms with Gasteiger partial charge in [-0.25, -0.2) is 21.1 Å². The first kappa shape index (κ1) is 28.0. The monoisotopic (exact) mass is 528 g/mol. The lowest BCUT2D eigenvalue weighted by atomic mass is 10.2. The van der Waals surface area contributed by atoms with Crippen LogP contribution < -0.4 is 14.4 Å². The number of carbonyl (C=O) groups excluding carboxylic acids is 1. The van der Waals surface area contributed by atoms with Crippen LogP contribution in [-0.4, -0.2) is 71.5 Å². The van der Waals surface area contributed by atoms with E-state index in [1.165, 1.54) is 56.6 Å². The smallest absolute Gasteiger partial charge is 0.271 e. The largest absolute Gasteiger partial charge is 0.492 e. The SMILES string of the molecule is CC[C@H](C(=O)NCCOc1ccc(S(=O)(=O)N(C)C)cc1)N(c1cccc([N+](=O)[O-])c1)S(C)(=O)=O. The van der Waals surface area contributed by atoms with E-state index in [0.717, 1.165) is 20.9 Å². The first-order valence-electron chi connectivity index (χ1n) is 10.5. The minimum atomic E-state index is -3.95. The number of rotatable bonds is 12. The molecule has 2 aromatic rings. The Balaban J connectivity index is 2.06. The van der Waals surface area contributed by atoms with Gasteiger partial charge in [-0.3, -0.25) is 19.2 Å². The minimum Gasteiger partial charge on any atom is -0.492 e. The van der Waals surface area contributed by atoms with Gasteiger partial charge < -0.3 is 10.1 Å². The van der Waals surface area contributed by atoms with Crippen LogP contribution in [0.15, 0.2) is 53.4 Å². The maximum Gasteiger partial charge on any atom is 0.271 e. The van der Waals surface area contributed by atoms with E-state index in [4.69, 9.17) is 4.74 Å². The zero-order chi connectivity index (χ0) is 26.4. The summed E-state index contributed by atoms with van der Waals surface area (Å²) in [4.78, 5) is 23.4. The van der Waals surface area contributed by atoms with Gasteiger partial charge in [0, 0.05) is 26.2 Å². The summed E-state index contributed by atoms with van der Waals surface area (Å²) in [6.45, 7) is 1.71. The molecule has 0 aromatic heterocycles. The highest BCUT2D eigenvalue weighted by Gasteiger charge is 2.32. The average Bonchev–Trinajstić information content (AvgIpc) is 2.79. The van der Waals surface area contributed by atoms with Crippen molar-refractivity contribution in [3.05, 3.63) is 58.6 Å². The second-order valence-electron chi connectivity index (χ2n) is 7.66. The molecule has 0 saturated carbocycles. The number of non-ortho nitro benzene ring substituents is 1. The zero-order valence-corrected chi connectivity index (χ0v) is 21.4. The van der Waals surface area contributed by atoms with Crippen LogP contribution in [0.25, 0.3) is 0 Å². The molecule has 0 aliphatic carbocycles. The lowest BCUT2D eigenvalue weighted by Crippen LogP contribution is -2.50. The first-order chi connectivity index (χ1) is 16.3. The molecule has 0 aliphatic heterocycles. The minimum absolute atomic E-state index is 0.00714. The van der Waals surface area contributed by atoms with E-state index in [2.05, 4.69) is 5.32 Å². The lowest BCUT2D eigenvalue weighted by Gasteiger charge is -2.30. The fourth-order valence-corrected chi connectivity index (χ4v) is 5.29. The normalized spacial score (nSPS) is 12.7. The fourth-order valence-electron chi connectivity index (χ4n) is 3.18. The van der Waals surface area contributed by atoms with Crippen molar-refractivity contribution >= 4 is 37.3 Å². The molecule has 14 heteroatoms. The second kappa shape index (κ2) is 11.5. The Bertz CT molecular complexity index is 1260. The van der Waals surface area contributed by atoms with Gasteiger partial charge in [0.15, 0.2) is 0 Å². The molecule has 192 valence electrons. The number of nitrogens with one attached hydrogen (secondary N) is 1. The number of nitro benzene ring substituents is 1. The van der Waals surface area contributed by atoms with Crippen LogP contribution >= 0.6 is 0 Å². The molecule has 0 fully saturated rings. The number of sulfonamides is 2. The molecule has 1 amide bonds. The van der Waals surface area contributed by atoms with Gasteiger partial charge in [0.2, 0.25) is 26.0 Å². The summed E-state index contributed by atoms with van der Waals surface area (Å²) < 4.78 is 56.7. The van der Waals surface area contributed by atoms with Gasteiger partial charge in [-0.2, -0.15) is 0 Å². The summed E-state index contributed by atoms with van der Waals surface area (Å²) in [6.07, 6.45) is 1.04. The Morgan fingerprint density at radius 3 is 2.26 bits per heavy atom. The molecular formula is C21H28N4O8S2. The number of hydrogen-bond donors (Lipinski definition) is 1. The lowest BCUT2D eigenvalue weighted by molar-refractivity contribution is -0.384. The van der Waals surface area contributed by atoms with Gasteiger partial charge in [0.25, 0.3) is 5.69 Å². The second-order valence-corrected chi connectivity index (χ2v) is 11.7. The summed E-state index contributed by atoms with van der Waals surface area (Å²) in [5, 5.41) is 13.7. The molecule has 0 heterocycles. The number of hydrogen-bond acceptors (Lipinski definition) is 8. The summed E-state index contributed by atoms with van der Waals surface area (Å²) in [6, 6.07) is 9.69. The van der Waals surface area contributed by atoms with Crippen molar-refractivity contribution < 1.29 is 31.3 Å². The van der Waals surface area contributed by atoms with Crippen molar-refractivity contribution in [3.8, 4) is 5.75 Å². The maximum atomic E-state index is 12.8. The number of anilines is 1. The average molecular weight is 529 g/mol. The van der Waals surface area contributed by atoms with Gasteiger partial charge >= 0.3 is 0 Å². The van der Waals surface area contributed by atoms with Crippen molar-refractivity contribution in [2.45, 2.75) is 24.3 Å². The van der Waals surface area contributed by atoms with Gasteiger partial charge in [-0.05, 0) is 36.8 Å². The molecule has 35 heavy (non-hydrogen) atoms. The molecule has 0 bridgehead atoms. The quantitative estimate of drug-likeness (QED) is 0.247. The number of ether oxygens (including phenoxy) is 1. The van der Waals surface area contributed by atoms with Crippen LogP contribution in [-0.2, 0) is 24.8 Å². The van der Waals surface area contributed by atoms with E-state index >= 15 is 0 Å². The summed E-state index contributed by atoms with van der Waals surface area (Å²) in [5.41, 5.74) is -0.295. The summed E-state index contributed by atoms with van der Waals surface area (Å²) in [7, 11) is -4.66. The highest BCUT2D eigenvalue weighted by molar-refractivity contribution is 7.92. The van der Waals surface area contributed by atoms with E-state index in [0.29, 0.717) is 5.75 Å². The van der Waals surface area contributed by atoms with Crippen molar-refractivity contribution in [1.82, 2.24) is 9.62 Å². The molecule has 2 aromatic carbocycles. The predicted octanol–water partition coefficient (Wildman–Crippen LogP) is 1.58. The van der Waals surface area contributed by atoms with E-state index in [9.17, 15) is 31.7 Å². The predicted molar refractivity (Wildman–Crippen MR) is 130 cm³/mol. The van der Waals surface area contributed by atoms with Crippen LogP contribution in [0.3, 0.4) is 0 Å². The highest BCUT2D eigenvalue weighted by Crippen LogP contribution is 2.26. The van der Waals surface area contributed by atoms with Crippen LogP contribution in [0.4, 0.5) is 11.4 Å². The first-order valence-corrected chi connectivity index (χ1v) is 13.7. The molecule has 0 unspecified atom stereocenters. The van der Waals surface area contributed by atoms with Crippen LogP contribution in [0, 0.1) is 10.1 Å². The Morgan fingerprint density at radius 1 is 1.11 bits per heavy atom. The number of nitrogens with zero attached hydrogens (tertiary/aromatic N) is 3. The van der Waals surface area contributed by atoms with E-state index in [1.807, 2.05) is 0 Å². The molecule has 2 rings (SSSR count). The van der Waals surface area contributed by atoms with Crippen molar-refractivity contribution in [2.24, 2.45) is 0 Å². The Kier molecular flexibility index (Phi) is 9.18. The van der Waals surface area contributed by atoms with Gasteiger partial charge in [0.05, 0.1) is 28.3 Å². The Hall–Kier alpha value is -3.23. The Labute approximate surface area is 204 Å². The van der Waals surface area contributed by atoms with E-state index < -0.39 is 36.9 Å². The number of nitro groups is 1. The molecule has 1 atom stereocenters. The topological polar surface area (TPSA) is 156 Å². The van der Waals surface area contributed by atoms with E-state index in [1.54, 1.807) is 6.92 Å². The molecule has 0 radical (unpaired) electrons. The molecule has 0 spiro atoms. The third kappa shape index (κ3) is 7.13. The van der Waals surface area contributed by atoms with Crippen molar-refractivity contribution in [1.29, 1.82) is 0 Å². The number of amides is 1. The third-order valence-electron chi connectivity index (χ3n) is 4.90. The fraction of sp³-hybridized carbons (Fsp3) is 0.381. The van der Waals surface area contributed by atoms with E-state index in [-0.39, 0.29) is 35.8 Å². The summed E-state index contributed by atoms with van der Waals surface area (Å²) >= 11 is 0. The third-order valence-corrected chi connectivity index (χ3v) is 7.91. The summed E-state index contributed by atoms with van der Waals surface area (Å²) in [5.74, 6) is -0.209. The van der Waals surface area contributed by atoms with Crippen molar-refractivity contribution in [3.63, 3.8) is 0 Å². The standard InChI is InChI=1S/C21H28N4O8S2/c1-5-20(24(34(4,29)30)16-7-6-8-17(15-16)25(27)28)21(26)22-13-14-33-18-9-11-19(12-10-18)35(31,32)23(2)3/h6-12,15,20H,5,13-14H2,1-4H3,(H,22,26)/t20-/m1/s1. The molecule has 0 saturated heterocycles. The number of benzene rings is 2. The number of carbonyl (C=O) groups is 1. The van der Waals surface area contributed by atoms with Gasteiger partial charge in [-0.1, -0.05) is 13.0 Å². The van der Waals surface area contributed by atoms with Gasteiger partial charge in [-0.15, -0.1) is 0 Å². The molecule has 0 aliphatic rings. The Morgan fingerprint density at radius 2 is 1.74 bits per heavy atom. The van der Waals surface area contributed by atoms with Crippen LogP contribution in [0.2, 0.25) is 0 Å².